The number of ether oxygens (including phenoxy) is 1. The standard InChI is InChI=1S/C17H25N5O/c1-13(22-10-8-21(2)9-11-22)17-18-16(19-20-17)12-14-6-4-5-7-15(14)23-3/h4-7,13H,8-12H2,1-3H3,(H,18,19,20). The number of aromatic nitrogens is 3. The first-order valence-corrected chi connectivity index (χ1v) is 8.13. The monoisotopic (exact) mass is 315 g/mol. The fourth-order valence-corrected chi connectivity index (χ4v) is 2.98. The summed E-state index contributed by atoms with van der Waals surface area (Å²) in [6.07, 6.45) is 0.701. The van der Waals surface area contributed by atoms with Crippen molar-refractivity contribution in [1.82, 2.24) is 25.0 Å². The van der Waals surface area contributed by atoms with E-state index in [1.165, 1.54) is 0 Å². The zero-order chi connectivity index (χ0) is 16.2. The molecule has 1 atom stereocenters. The van der Waals surface area contributed by atoms with Gasteiger partial charge in [0.2, 0.25) is 0 Å². The van der Waals surface area contributed by atoms with Crippen LogP contribution in [-0.2, 0) is 6.42 Å². The molecule has 2 aromatic rings. The molecule has 0 spiro atoms. The molecular formula is C17H25N5O. The predicted octanol–water partition coefficient (Wildman–Crippen LogP) is 1.71. The molecule has 0 bridgehead atoms. The molecule has 0 radical (unpaired) electrons. The van der Waals surface area contributed by atoms with E-state index in [9.17, 15) is 0 Å². The molecule has 1 aliphatic rings. The largest absolute Gasteiger partial charge is 0.496 e. The van der Waals surface area contributed by atoms with Gasteiger partial charge >= 0.3 is 0 Å². The number of methoxy groups -OCH3 is 1. The summed E-state index contributed by atoms with van der Waals surface area (Å²) < 4.78 is 5.40. The number of hydrogen-bond acceptors (Lipinski definition) is 5. The molecule has 1 aromatic carbocycles. The molecule has 1 N–H and O–H groups in total. The second kappa shape index (κ2) is 7.10. The summed E-state index contributed by atoms with van der Waals surface area (Å²) in [5, 5.41) is 7.51. The topological polar surface area (TPSA) is 57.3 Å². The Morgan fingerprint density at radius 3 is 2.70 bits per heavy atom. The Morgan fingerprint density at radius 2 is 1.96 bits per heavy atom. The van der Waals surface area contributed by atoms with Crippen molar-refractivity contribution in [1.29, 1.82) is 0 Å². The summed E-state index contributed by atoms with van der Waals surface area (Å²) in [5.41, 5.74) is 1.12. The molecule has 0 aliphatic carbocycles. The lowest BCUT2D eigenvalue weighted by molar-refractivity contribution is 0.115. The van der Waals surface area contributed by atoms with Crippen LogP contribution in [0.25, 0.3) is 0 Å². The predicted molar refractivity (Wildman–Crippen MR) is 89.7 cm³/mol. The van der Waals surface area contributed by atoms with E-state index in [0.29, 0.717) is 6.42 Å². The molecule has 1 saturated heterocycles. The molecule has 1 fully saturated rings. The first kappa shape index (κ1) is 16.0. The number of nitrogens with zero attached hydrogens (tertiary/aromatic N) is 4. The highest BCUT2D eigenvalue weighted by Gasteiger charge is 2.23. The maximum Gasteiger partial charge on any atom is 0.167 e. The first-order valence-electron chi connectivity index (χ1n) is 8.13. The average molecular weight is 315 g/mol. The number of H-pyrrole nitrogens is 1. The summed E-state index contributed by atoms with van der Waals surface area (Å²) in [6, 6.07) is 8.27. The van der Waals surface area contributed by atoms with Gasteiger partial charge in [0, 0.05) is 38.2 Å². The third-order valence-electron chi connectivity index (χ3n) is 4.56. The van der Waals surface area contributed by atoms with E-state index in [0.717, 1.165) is 49.1 Å². The van der Waals surface area contributed by atoms with Crippen LogP contribution in [0.2, 0.25) is 0 Å². The second-order valence-electron chi connectivity index (χ2n) is 6.14. The van der Waals surface area contributed by atoms with E-state index >= 15 is 0 Å². The molecule has 1 aliphatic heterocycles. The van der Waals surface area contributed by atoms with Gasteiger partial charge in [-0.1, -0.05) is 18.2 Å². The fourth-order valence-electron chi connectivity index (χ4n) is 2.98. The van der Waals surface area contributed by atoms with Gasteiger partial charge in [-0.25, -0.2) is 4.98 Å². The molecule has 23 heavy (non-hydrogen) atoms. The lowest BCUT2D eigenvalue weighted by atomic mass is 10.1. The van der Waals surface area contributed by atoms with Crippen molar-refractivity contribution in [2.75, 3.05) is 40.3 Å². The van der Waals surface area contributed by atoms with Gasteiger partial charge < -0.3 is 9.64 Å². The lowest BCUT2D eigenvalue weighted by Crippen LogP contribution is -2.45. The van der Waals surface area contributed by atoms with Crippen LogP contribution in [0.1, 0.15) is 30.2 Å². The normalized spacial score (nSPS) is 18.0. The molecule has 6 heteroatoms. The van der Waals surface area contributed by atoms with Crippen LogP contribution < -0.4 is 4.74 Å². The quantitative estimate of drug-likeness (QED) is 0.910. The van der Waals surface area contributed by atoms with Gasteiger partial charge in [0.1, 0.15) is 11.6 Å². The smallest absolute Gasteiger partial charge is 0.167 e. The van der Waals surface area contributed by atoms with Gasteiger partial charge in [0.05, 0.1) is 13.2 Å². The van der Waals surface area contributed by atoms with Gasteiger partial charge in [0.25, 0.3) is 0 Å². The van der Waals surface area contributed by atoms with Crippen LogP contribution in [0, 0.1) is 0 Å². The summed E-state index contributed by atoms with van der Waals surface area (Å²) in [5.74, 6) is 2.64. The average Bonchev–Trinajstić information content (AvgIpc) is 3.04. The van der Waals surface area contributed by atoms with Crippen molar-refractivity contribution in [2.24, 2.45) is 0 Å². The van der Waals surface area contributed by atoms with Gasteiger partial charge in [0.15, 0.2) is 5.82 Å². The highest BCUT2D eigenvalue weighted by Crippen LogP contribution is 2.21. The van der Waals surface area contributed by atoms with Crippen molar-refractivity contribution < 1.29 is 4.74 Å². The SMILES string of the molecule is COc1ccccc1Cc1nc(C(C)N2CCN(C)CC2)n[nH]1. The Hall–Kier alpha value is -1.92. The van der Waals surface area contributed by atoms with Crippen molar-refractivity contribution in [3.05, 3.63) is 41.5 Å². The Bertz CT molecular complexity index is 633. The Labute approximate surface area is 137 Å². The zero-order valence-electron chi connectivity index (χ0n) is 14.1. The minimum absolute atomic E-state index is 0.242. The third-order valence-corrected chi connectivity index (χ3v) is 4.56. The molecule has 0 saturated carbocycles. The molecule has 3 rings (SSSR count). The van der Waals surface area contributed by atoms with Crippen molar-refractivity contribution in [3.63, 3.8) is 0 Å². The summed E-state index contributed by atoms with van der Waals surface area (Å²) in [6.45, 7) is 6.51. The number of aromatic amines is 1. The summed E-state index contributed by atoms with van der Waals surface area (Å²) in [7, 11) is 3.86. The summed E-state index contributed by atoms with van der Waals surface area (Å²) in [4.78, 5) is 9.49. The highest BCUT2D eigenvalue weighted by molar-refractivity contribution is 5.35. The van der Waals surface area contributed by atoms with Gasteiger partial charge in [-0.15, -0.1) is 0 Å². The molecule has 6 nitrogen and oxygen atoms in total. The molecule has 1 aromatic heterocycles. The zero-order valence-corrected chi connectivity index (χ0v) is 14.1. The molecular weight excluding hydrogens is 290 g/mol. The van der Waals surface area contributed by atoms with E-state index in [1.54, 1.807) is 7.11 Å². The number of hydrogen-bond donors (Lipinski definition) is 1. The van der Waals surface area contributed by atoms with Gasteiger partial charge in [-0.05, 0) is 20.0 Å². The summed E-state index contributed by atoms with van der Waals surface area (Å²) >= 11 is 0. The van der Waals surface area contributed by atoms with Gasteiger partial charge in [-0.3, -0.25) is 10.00 Å². The number of benzene rings is 1. The maximum absolute atomic E-state index is 5.40. The number of para-hydroxylation sites is 1. The third kappa shape index (κ3) is 3.71. The van der Waals surface area contributed by atoms with Crippen LogP contribution in [0.15, 0.2) is 24.3 Å². The van der Waals surface area contributed by atoms with E-state index < -0.39 is 0 Å². The van der Waals surface area contributed by atoms with E-state index in [2.05, 4.69) is 40.0 Å². The minimum Gasteiger partial charge on any atom is -0.496 e. The van der Waals surface area contributed by atoms with Gasteiger partial charge in [-0.2, -0.15) is 5.10 Å². The lowest BCUT2D eigenvalue weighted by Gasteiger charge is -2.35. The van der Waals surface area contributed by atoms with Crippen molar-refractivity contribution in [2.45, 2.75) is 19.4 Å². The Balaban J connectivity index is 1.68. The van der Waals surface area contributed by atoms with E-state index in [-0.39, 0.29) is 6.04 Å². The maximum atomic E-state index is 5.40. The van der Waals surface area contributed by atoms with E-state index in [4.69, 9.17) is 9.72 Å². The molecule has 2 heterocycles. The van der Waals surface area contributed by atoms with Crippen LogP contribution in [-0.4, -0.2) is 65.3 Å². The fraction of sp³-hybridized carbons (Fsp3) is 0.529. The van der Waals surface area contributed by atoms with Crippen molar-refractivity contribution >= 4 is 0 Å². The van der Waals surface area contributed by atoms with Crippen LogP contribution in [0.3, 0.4) is 0 Å². The number of likely N-dealkylation sites (N-methyl/N-ethyl adjacent to an activating group) is 1. The highest BCUT2D eigenvalue weighted by atomic mass is 16.5. The van der Waals surface area contributed by atoms with Crippen LogP contribution in [0.5, 0.6) is 5.75 Å². The molecule has 124 valence electrons. The van der Waals surface area contributed by atoms with Crippen LogP contribution >= 0.6 is 0 Å². The molecule has 1 unspecified atom stereocenters. The minimum atomic E-state index is 0.242. The first-order chi connectivity index (χ1) is 11.2. The van der Waals surface area contributed by atoms with Crippen molar-refractivity contribution in [3.8, 4) is 5.75 Å². The Morgan fingerprint density at radius 1 is 1.22 bits per heavy atom. The number of rotatable bonds is 5. The van der Waals surface area contributed by atoms with E-state index in [1.807, 2.05) is 18.2 Å². The molecule has 0 amide bonds. The van der Waals surface area contributed by atoms with Crippen LogP contribution in [0.4, 0.5) is 0 Å². The number of piperazine rings is 1. The number of nitrogens with one attached hydrogen (secondary N) is 1. The Kier molecular flexibility index (Phi) is 4.93. The second-order valence-corrected chi connectivity index (χ2v) is 6.14.